The van der Waals surface area contributed by atoms with Crippen LogP contribution in [-0.2, 0) is 0 Å². The van der Waals surface area contributed by atoms with Crippen LogP contribution in [0.2, 0.25) is 0 Å². The van der Waals surface area contributed by atoms with Gasteiger partial charge < -0.3 is 4.74 Å². The molecule has 0 aliphatic carbocycles. The summed E-state index contributed by atoms with van der Waals surface area (Å²) in [7, 11) is 0. The zero-order valence-corrected chi connectivity index (χ0v) is 12.3. The highest BCUT2D eigenvalue weighted by atomic mass is 32.1. The maximum absolute atomic E-state index is 12.3. The first-order valence-corrected chi connectivity index (χ1v) is 7.47. The monoisotopic (exact) mass is 317 g/mol. The molecule has 3 aromatic rings. The van der Waals surface area contributed by atoms with Crippen molar-refractivity contribution < 1.29 is 14.1 Å². The molecular formula is C16H12FNO3S. The standard InChI is InChI=1S/C16H12FNO3S/c17-8-9-21-14-2-1-3-15-13(14)10-16(22-15)11-4-6-12(7-5-11)18(19)20/h1-7,10H,8-9H2. The van der Waals surface area contributed by atoms with E-state index in [-0.39, 0.29) is 12.3 Å². The van der Waals surface area contributed by atoms with Crippen molar-refractivity contribution in [2.45, 2.75) is 0 Å². The number of halogens is 1. The highest BCUT2D eigenvalue weighted by molar-refractivity contribution is 7.22. The summed E-state index contributed by atoms with van der Waals surface area (Å²) in [5, 5.41) is 11.6. The number of thiophene rings is 1. The summed E-state index contributed by atoms with van der Waals surface area (Å²) in [4.78, 5) is 11.3. The van der Waals surface area contributed by atoms with Crippen molar-refractivity contribution in [3.05, 3.63) is 58.6 Å². The largest absolute Gasteiger partial charge is 0.490 e. The van der Waals surface area contributed by atoms with Gasteiger partial charge in [-0.25, -0.2) is 4.39 Å². The number of rotatable bonds is 5. The van der Waals surface area contributed by atoms with E-state index in [2.05, 4.69) is 0 Å². The van der Waals surface area contributed by atoms with Gasteiger partial charge in [0.2, 0.25) is 0 Å². The summed E-state index contributed by atoms with van der Waals surface area (Å²) < 4.78 is 18.7. The fraction of sp³-hybridized carbons (Fsp3) is 0.125. The van der Waals surface area contributed by atoms with E-state index in [0.29, 0.717) is 5.75 Å². The smallest absolute Gasteiger partial charge is 0.269 e. The van der Waals surface area contributed by atoms with Crippen LogP contribution in [-0.4, -0.2) is 18.2 Å². The van der Waals surface area contributed by atoms with Crippen LogP contribution in [0.15, 0.2) is 48.5 Å². The van der Waals surface area contributed by atoms with Crippen LogP contribution in [0, 0.1) is 10.1 Å². The molecule has 0 fully saturated rings. The minimum absolute atomic E-state index is 0.0296. The fourth-order valence-corrected chi connectivity index (χ4v) is 3.28. The van der Waals surface area contributed by atoms with Crippen LogP contribution >= 0.6 is 11.3 Å². The first-order valence-electron chi connectivity index (χ1n) is 6.65. The van der Waals surface area contributed by atoms with E-state index >= 15 is 0 Å². The number of nitrogens with zero attached hydrogens (tertiary/aromatic N) is 1. The molecule has 1 aromatic heterocycles. The normalized spacial score (nSPS) is 10.8. The molecule has 22 heavy (non-hydrogen) atoms. The summed E-state index contributed by atoms with van der Waals surface area (Å²) >= 11 is 1.57. The Morgan fingerprint density at radius 3 is 2.64 bits per heavy atom. The van der Waals surface area contributed by atoms with E-state index in [0.717, 1.165) is 20.5 Å². The summed E-state index contributed by atoms with van der Waals surface area (Å²) in [6.45, 7) is -0.502. The first-order chi connectivity index (χ1) is 10.7. The van der Waals surface area contributed by atoms with Crippen LogP contribution in [0.3, 0.4) is 0 Å². The number of benzene rings is 2. The van der Waals surface area contributed by atoms with E-state index in [9.17, 15) is 14.5 Å². The molecule has 0 unspecified atom stereocenters. The van der Waals surface area contributed by atoms with E-state index in [1.807, 2.05) is 24.3 Å². The molecule has 112 valence electrons. The number of fused-ring (bicyclic) bond motifs is 1. The van der Waals surface area contributed by atoms with Crippen molar-refractivity contribution in [3.63, 3.8) is 0 Å². The van der Waals surface area contributed by atoms with E-state index in [1.165, 1.54) is 12.1 Å². The van der Waals surface area contributed by atoms with Gasteiger partial charge in [-0.1, -0.05) is 6.07 Å². The van der Waals surface area contributed by atoms with Crippen molar-refractivity contribution >= 4 is 27.1 Å². The van der Waals surface area contributed by atoms with Crippen LogP contribution < -0.4 is 4.74 Å². The van der Waals surface area contributed by atoms with Gasteiger partial charge in [0.1, 0.15) is 19.0 Å². The summed E-state index contributed by atoms with van der Waals surface area (Å²) in [5.74, 6) is 0.652. The number of hydrogen-bond acceptors (Lipinski definition) is 4. The number of nitro benzene ring substituents is 1. The van der Waals surface area contributed by atoms with Crippen LogP contribution in [0.5, 0.6) is 5.75 Å². The topological polar surface area (TPSA) is 52.4 Å². The van der Waals surface area contributed by atoms with Gasteiger partial charge >= 0.3 is 0 Å². The van der Waals surface area contributed by atoms with Gasteiger partial charge in [-0.15, -0.1) is 11.3 Å². The van der Waals surface area contributed by atoms with Gasteiger partial charge in [0.15, 0.2) is 0 Å². The van der Waals surface area contributed by atoms with E-state index in [1.54, 1.807) is 23.5 Å². The van der Waals surface area contributed by atoms with Gasteiger partial charge in [0.05, 0.1) is 4.92 Å². The summed E-state index contributed by atoms with van der Waals surface area (Å²) in [6, 6.07) is 14.0. The second kappa shape index (κ2) is 6.11. The minimum Gasteiger partial charge on any atom is -0.490 e. The highest BCUT2D eigenvalue weighted by Crippen LogP contribution is 2.38. The second-order valence-electron chi connectivity index (χ2n) is 4.62. The number of nitro groups is 1. The van der Waals surface area contributed by atoms with Crippen molar-refractivity contribution in [3.8, 4) is 16.2 Å². The van der Waals surface area contributed by atoms with Crippen molar-refractivity contribution in [1.29, 1.82) is 0 Å². The Kier molecular flexibility index (Phi) is 4.02. The first kappa shape index (κ1) is 14.5. The van der Waals surface area contributed by atoms with Gasteiger partial charge in [0, 0.05) is 27.1 Å². The highest BCUT2D eigenvalue weighted by Gasteiger charge is 2.10. The third kappa shape index (κ3) is 2.78. The molecule has 0 atom stereocenters. The lowest BCUT2D eigenvalue weighted by atomic mass is 10.1. The van der Waals surface area contributed by atoms with E-state index in [4.69, 9.17) is 4.74 Å². The molecule has 2 aromatic carbocycles. The number of non-ortho nitro benzene ring substituents is 1. The van der Waals surface area contributed by atoms with Crippen molar-refractivity contribution in [2.75, 3.05) is 13.3 Å². The maximum atomic E-state index is 12.3. The quantitative estimate of drug-likeness (QED) is 0.500. The lowest BCUT2D eigenvalue weighted by molar-refractivity contribution is -0.384. The molecule has 4 nitrogen and oxygen atoms in total. The van der Waals surface area contributed by atoms with Gasteiger partial charge in [0.25, 0.3) is 5.69 Å². The fourth-order valence-electron chi connectivity index (χ4n) is 2.20. The number of ether oxygens (including phenoxy) is 1. The summed E-state index contributed by atoms with van der Waals surface area (Å²) in [5.41, 5.74) is 0.972. The Morgan fingerprint density at radius 1 is 1.18 bits per heavy atom. The molecule has 0 saturated carbocycles. The molecule has 0 aliphatic rings. The molecule has 0 saturated heterocycles. The third-order valence-corrected chi connectivity index (χ3v) is 4.37. The number of hydrogen-bond donors (Lipinski definition) is 0. The zero-order chi connectivity index (χ0) is 15.5. The Bertz CT molecular complexity index is 814. The predicted octanol–water partition coefficient (Wildman–Crippen LogP) is 4.82. The van der Waals surface area contributed by atoms with Crippen molar-refractivity contribution in [2.24, 2.45) is 0 Å². The minimum atomic E-state index is -0.532. The molecule has 0 amide bonds. The average molecular weight is 317 g/mol. The molecule has 1 heterocycles. The SMILES string of the molecule is O=[N+]([O-])c1ccc(-c2cc3c(OCCF)cccc3s2)cc1. The Morgan fingerprint density at radius 2 is 1.95 bits per heavy atom. The van der Waals surface area contributed by atoms with Gasteiger partial charge in [-0.3, -0.25) is 10.1 Å². The molecule has 0 bridgehead atoms. The zero-order valence-electron chi connectivity index (χ0n) is 11.5. The maximum Gasteiger partial charge on any atom is 0.269 e. The third-order valence-electron chi connectivity index (χ3n) is 3.22. The molecule has 6 heteroatoms. The molecule has 3 rings (SSSR count). The Labute approximate surface area is 129 Å². The second-order valence-corrected chi connectivity index (χ2v) is 5.70. The Balaban J connectivity index is 1.99. The molecule has 0 N–H and O–H groups in total. The van der Waals surface area contributed by atoms with Gasteiger partial charge in [-0.05, 0) is 35.9 Å². The average Bonchev–Trinajstić information content (AvgIpc) is 2.97. The molecular weight excluding hydrogens is 305 g/mol. The van der Waals surface area contributed by atoms with Crippen molar-refractivity contribution in [1.82, 2.24) is 0 Å². The number of alkyl halides is 1. The lowest BCUT2D eigenvalue weighted by Crippen LogP contribution is -1.98. The Hall–Kier alpha value is -2.47. The van der Waals surface area contributed by atoms with E-state index < -0.39 is 11.6 Å². The van der Waals surface area contributed by atoms with Crippen LogP contribution in [0.4, 0.5) is 10.1 Å². The van der Waals surface area contributed by atoms with Crippen LogP contribution in [0.1, 0.15) is 0 Å². The lowest BCUT2D eigenvalue weighted by Gasteiger charge is -2.04. The molecule has 0 spiro atoms. The summed E-state index contributed by atoms with van der Waals surface area (Å²) in [6.07, 6.45) is 0. The molecule has 0 aliphatic heterocycles. The molecule has 0 radical (unpaired) electrons. The van der Waals surface area contributed by atoms with Crippen LogP contribution in [0.25, 0.3) is 20.5 Å². The predicted molar refractivity (Wildman–Crippen MR) is 85.4 cm³/mol. The van der Waals surface area contributed by atoms with Gasteiger partial charge in [-0.2, -0.15) is 0 Å².